The van der Waals surface area contributed by atoms with Crippen LogP contribution in [0, 0.1) is 18.8 Å². The molecule has 0 aromatic heterocycles. The molecule has 0 aliphatic heterocycles. The molecule has 1 rings (SSSR count). The normalized spacial score (nSPS) is 12.3. The largest absolute Gasteiger partial charge is 0.492 e. The summed E-state index contributed by atoms with van der Waals surface area (Å²) in [7, 11) is 1.41. The van der Waals surface area contributed by atoms with Crippen LogP contribution in [0.1, 0.15) is 19.4 Å². The SMILES string of the molecule is COC(=O)C(COc1ccccc1C)C(C)C. The molecule has 94 valence electrons. The number of carbonyl (C=O) groups is 1. The van der Waals surface area contributed by atoms with Gasteiger partial charge in [-0.3, -0.25) is 4.79 Å². The van der Waals surface area contributed by atoms with Crippen molar-refractivity contribution in [2.24, 2.45) is 11.8 Å². The van der Waals surface area contributed by atoms with E-state index >= 15 is 0 Å². The van der Waals surface area contributed by atoms with E-state index in [2.05, 4.69) is 0 Å². The van der Waals surface area contributed by atoms with E-state index in [0.717, 1.165) is 11.3 Å². The minimum atomic E-state index is -0.223. The predicted octanol–water partition coefficient (Wildman–Crippen LogP) is 2.82. The van der Waals surface area contributed by atoms with E-state index in [4.69, 9.17) is 9.47 Å². The summed E-state index contributed by atoms with van der Waals surface area (Å²) >= 11 is 0. The average molecular weight is 236 g/mol. The molecular formula is C14H20O3. The van der Waals surface area contributed by atoms with Crippen LogP contribution in [0.2, 0.25) is 0 Å². The Morgan fingerprint density at radius 1 is 1.29 bits per heavy atom. The molecule has 1 unspecified atom stereocenters. The highest BCUT2D eigenvalue weighted by atomic mass is 16.5. The van der Waals surface area contributed by atoms with Crippen molar-refractivity contribution >= 4 is 5.97 Å². The molecule has 0 aliphatic rings. The molecule has 3 nitrogen and oxygen atoms in total. The van der Waals surface area contributed by atoms with Crippen LogP contribution >= 0.6 is 0 Å². The van der Waals surface area contributed by atoms with Gasteiger partial charge < -0.3 is 9.47 Å². The third-order valence-corrected chi connectivity index (χ3v) is 2.82. The van der Waals surface area contributed by atoms with Crippen molar-refractivity contribution in [3.05, 3.63) is 29.8 Å². The standard InChI is InChI=1S/C14H20O3/c1-10(2)12(14(15)16-4)9-17-13-8-6-5-7-11(13)3/h5-8,10,12H,9H2,1-4H3. The van der Waals surface area contributed by atoms with Gasteiger partial charge in [0.05, 0.1) is 13.0 Å². The lowest BCUT2D eigenvalue weighted by atomic mass is 9.97. The van der Waals surface area contributed by atoms with E-state index in [0.29, 0.717) is 6.61 Å². The van der Waals surface area contributed by atoms with Crippen LogP contribution < -0.4 is 4.74 Å². The van der Waals surface area contributed by atoms with Gasteiger partial charge in [0.15, 0.2) is 0 Å². The van der Waals surface area contributed by atoms with Crippen molar-refractivity contribution in [2.45, 2.75) is 20.8 Å². The van der Waals surface area contributed by atoms with Crippen molar-refractivity contribution < 1.29 is 14.3 Å². The van der Waals surface area contributed by atoms with Gasteiger partial charge >= 0.3 is 5.97 Å². The molecule has 0 amide bonds. The highest BCUT2D eigenvalue weighted by Gasteiger charge is 2.23. The summed E-state index contributed by atoms with van der Waals surface area (Å²) in [6.07, 6.45) is 0. The van der Waals surface area contributed by atoms with Gasteiger partial charge in [-0.05, 0) is 24.5 Å². The number of esters is 1. The van der Waals surface area contributed by atoms with Crippen LogP contribution in [0.25, 0.3) is 0 Å². The maximum atomic E-state index is 11.6. The minimum absolute atomic E-state index is 0.200. The monoisotopic (exact) mass is 236 g/mol. The van der Waals surface area contributed by atoms with Gasteiger partial charge in [-0.1, -0.05) is 32.0 Å². The Labute approximate surface area is 103 Å². The maximum absolute atomic E-state index is 11.6. The van der Waals surface area contributed by atoms with E-state index in [-0.39, 0.29) is 17.8 Å². The van der Waals surface area contributed by atoms with Crippen molar-refractivity contribution in [1.29, 1.82) is 0 Å². The molecule has 0 aliphatic carbocycles. The summed E-state index contributed by atoms with van der Waals surface area (Å²) in [6.45, 7) is 6.32. The molecular weight excluding hydrogens is 216 g/mol. The molecule has 0 bridgehead atoms. The molecule has 1 aromatic carbocycles. The molecule has 0 spiro atoms. The number of ether oxygens (including phenoxy) is 2. The Bertz CT molecular complexity index is 371. The number of hydrogen-bond acceptors (Lipinski definition) is 3. The first-order valence-corrected chi connectivity index (χ1v) is 5.82. The zero-order valence-corrected chi connectivity index (χ0v) is 10.9. The fourth-order valence-electron chi connectivity index (χ4n) is 1.58. The number of hydrogen-bond donors (Lipinski definition) is 0. The van der Waals surface area contributed by atoms with Gasteiger partial charge in [-0.25, -0.2) is 0 Å². The van der Waals surface area contributed by atoms with Gasteiger partial charge in [-0.2, -0.15) is 0 Å². The van der Waals surface area contributed by atoms with Gasteiger partial charge in [0, 0.05) is 0 Å². The van der Waals surface area contributed by atoms with Gasteiger partial charge in [0.25, 0.3) is 0 Å². The first-order valence-electron chi connectivity index (χ1n) is 5.82. The van der Waals surface area contributed by atoms with Crippen LogP contribution in [0.15, 0.2) is 24.3 Å². The van der Waals surface area contributed by atoms with Gasteiger partial charge in [-0.15, -0.1) is 0 Å². The molecule has 1 atom stereocenters. The number of carbonyl (C=O) groups excluding carboxylic acids is 1. The summed E-state index contributed by atoms with van der Waals surface area (Å²) < 4.78 is 10.5. The molecule has 0 N–H and O–H groups in total. The highest BCUT2D eigenvalue weighted by molar-refractivity contribution is 5.72. The number of rotatable bonds is 5. The van der Waals surface area contributed by atoms with Crippen molar-refractivity contribution in [3.63, 3.8) is 0 Å². The molecule has 0 heterocycles. The summed E-state index contributed by atoms with van der Waals surface area (Å²) in [4.78, 5) is 11.6. The Kier molecular flexibility index (Phi) is 5.01. The fraction of sp³-hybridized carbons (Fsp3) is 0.500. The van der Waals surface area contributed by atoms with Crippen molar-refractivity contribution in [2.75, 3.05) is 13.7 Å². The quantitative estimate of drug-likeness (QED) is 0.737. The van der Waals surface area contributed by atoms with Crippen molar-refractivity contribution in [3.8, 4) is 5.75 Å². The predicted molar refractivity (Wildman–Crippen MR) is 67.0 cm³/mol. The molecule has 0 fully saturated rings. The molecule has 1 aromatic rings. The van der Waals surface area contributed by atoms with Gasteiger partial charge in [0.1, 0.15) is 12.4 Å². The van der Waals surface area contributed by atoms with Crippen molar-refractivity contribution in [1.82, 2.24) is 0 Å². The Balaban J connectivity index is 2.64. The van der Waals surface area contributed by atoms with Crippen LogP contribution in [0.4, 0.5) is 0 Å². The zero-order chi connectivity index (χ0) is 12.8. The summed E-state index contributed by atoms with van der Waals surface area (Å²) in [5.41, 5.74) is 1.07. The van der Waals surface area contributed by atoms with Crippen LogP contribution in [0.5, 0.6) is 5.75 Å². The number of para-hydroxylation sites is 1. The lowest BCUT2D eigenvalue weighted by Crippen LogP contribution is -2.28. The van der Waals surface area contributed by atoms with E-state index in [9.17, 15) is 4.79 Å². The number of aryl methyl sites for hydroxylation is 1. The zero-order valence-electron chi connectivity index (χ0n) is 10.9. The molecule has 17 heavy (non-hydrogen) atoms. The maximum Gasteiger partial charge on any atom is 0.312 e. The third kappa shape index (κ3) is 3.77. The Morgan fingerprint density at radius 2 is 1.94 bits per heavy atom. The average Bonchev–Trinajstić information content (AvgIpc) is 2.30. The second kappa shape index (κ2) is 6.28. The van der Waals surface area contributed by atoms with E-state index in [1.807, 2.05) is 45.0 Å². The summed E-state index contributed by atoms with van der Waals surface area (Å²) in [5.74, 6) is 0.585. The smallest absolute Gasteiger partial charge is 0.312 e. The third-order valence-electron chi connectivity index (χ3n) is 2.82. The first-order chi connectivity index (χ1) is 8.06. The van der Waals surface area contributed by atoms with E-state index in [1.54, 1.807) is 0 Å². The van der Waals surface area contributed by atoms with Crippen LogP contribution in [0.3, 0.4) is 0 Å². The summed E-state index contributed by atoms with van der Waals surface area (Å²) in [5, 5.41) is 0. The van der Waals surface area contributed by atoms with Crippen LogP contribution in [-0.4, -0.2) is 19.7 Å². The second-order valence-electron chi connectivity index (χ2n) is 4.45. The number of methoxy groups -OCH3 is 1. The van der Waals surface area contributed by atoms with E-state index < -0.39 is 0 Å². The molecule has 0 radical (unpaired) electrons. The Hall–Kier alpha value is -1.51. The molecule has 3 heteroatoms. The molecule has 0 saturated carbocycles. The Morgan fingerprint density at radius 3 is 2.47 bits per heavy atom. The summed E-state index contributed by atoms with van der Waals surface area (Å²) in [6, 6.07) is 7.77. The first kappa shape index (κ1) is 13.6. The lowest BCUT2D eigenvalue weighted by Gasteiger charge is -2.19. The topological polar surface area (TPSA) is 35.5 Å². The molecule has 0 saturated heterocycles. The lowest BCUT2D eigenvalue weighted by molar-refractivity contribution is -0.148. The van der Waals surface area contributed by atoms with E-state index in [1.165, 1.54) is 7.11 Å². The number of benzene rings is 1. The second-order valence-corrected chi connectivity index (χ2v) is 4.45. The minimum Gasteiger partial charge on any atom is -0.492 e. The fourth-order valence-corrected chi connectivity index (χ4v) is 1.58. The van der Waals surface area contributed by atoms with Crippen LogP contribution in [-0.2, 0) is 9.53 Å². The van der Waals surface area contributed by atoms with Gasteiger partial charge in [0.2, 0.25) is 0 Å². The highest BCUT2D eigenvalue weighted by Crippen LogP contribution is 2.19.